The first-order valence-electron chi connectivity index (χ1n) is 5.34. The zero-order valence-corrected chi connectivity index (χ0v) is 11.0. The zero-order chi connectivity index (χ0) is 12.6. The number of allylic oxidation sites excluding steroid dienone is 2. The van der Waals surface area contributed by atoms with Gasteiger partial charge < -0.3 is 14.5 Å². The van der Waals surface area contributed by atoms with Crippen molar-refractivity contribution in [3.8, 4) is 0 Å². The molecule has 2 saturated heterocycles. The number of likely N-dealkylation sites (N-methyl/N-ethyl adjacent to an activating group) is 3. The Hall–Kier alpha value is -1.56. The summed E-state index contributed by atoms with van der Waals surface area (Å²) in [5.74, 6) is 0.689. The number of carbonyl (C=O) groups is 1. The van der Waals surface area contributed by atoms with Crippen molar-refractivity contribution in [2.75, 3.05) is 34.3 Å². The first-order chi connectivity index (χ1) is 8.02. The highest BCUT2D eigenvalue weighted by Gasteiger charge is 2.32. The van der Waals surface area contributed by atoms with Gasteiger partial charge in [0, 0.05) is 27.2 Å². The number of carbonyl (C=O) groups excluding carboxylic acids is 1. The molecule has 0 aromatic carbocycles. The minimum atomic E-state index is -0.0880. The molecule has 5 nitrogen and oxygen atoms in total. The van der Waals surface area contributed by atoms with Crippen LogP contribution in [0.5, 0.6) is 0 Å². The molecule has 0 aromatic rings. The van der Waals surface area contributed by atoms with Crippen LogP contribution in [0.15, 0.2) is 23.7 Å². The first-order valence-corrected chi connectivity index (χ1v) is 5.75. The number of amides is 1. The van der Waals surface area contributed by atoms with Crippen LogP contribution in [0.4, 0.5) is 0 Å². The van der Waals surface area contributed by atoms with Gasteiger partial charge in [0.25, 0.3) is 5.91 Å². The highest BCUT2D eigenvalue weighted by Crippen LogP contribution is 2.19. The van der Waals surface area contributed by atoms with E-state index in [2.05, 4.69) is 0 Å². The molecule has 2 aliphatic rings. The van der Waals surface area contributed by atoms with Gasteiger partial charge in [0.15, 0.2) is 11.0 Å². The molecule has 0 radical (unpaired) electrons. The average molecular weight is 253 g/mol. The molecule has 0 spiro atoms. The first kappa shape index (κ1) is 11.9. The number of ether oxygens (including phenoxy) is 1. The monoisotopic (exact) mass is 253 g/mol. The van der Waals surface area contributed by atoms with Crippen LogP contribution in [-0.4, -0.2) is 60.0 Å². The Morgan fingerprint density at radius 3 is 2.41 bits per heavy atom. The van der Waals surface area contributed by atoms with Crippen LogP contribution in [0.3, 0.4) is 0 Å². The Morgan fingerprint density at radius 1 is 1.24 bits per heavy atom. The van der Waals surface area contributed by atoms with E-state index in [1.807, 2.05) is 11.9 Å². The van der Waals surface area contributed by atoms with Gasteiger partial charge in [-0.15, -0.1) is 0 Å². The van der Waals surface area contributed by atoms with Crippen LogP contribution >= 0.6 is 12.2 Å². The SMILES string of the molecule is CN1C(=O)/C(=C\C=C2/OCCN2C)N(C)C1=S. The van der Waals surface area contributed by atoms with Gasteiger partial charge in [0.2, 0.25) is 0 Å². The lowest BCUT2D eigenvalue weighted by atomic mass is 10.3. The summed E-state index contributed by atoms with van der Waals surface area (Å²) in [6, 6.07) is 0. The fourth-order valence-electron chi connectivity index (χ4n) is 1.75. The van der Waals surface area contributed by atoms with Gasteiger partial charge in [-0.25, -0.2) is 0 Å². The van der Waals surface area contributed by atoms with E-state index in [9.17, 15) is 4.79 Å². The standard InChI is InChI=1S/C11H15N3O2S/c1-12-6-7-16-9(12)5-4-8-10(15)14(3)11(17)13(8)2/h4-5H,6-7H2,1-3H3/b8-4+,9-5-. The molecule has 6 heteroatoms. The normalized spacial score (nSPS) is 25.5. The van der Waals surface area contributed by atoms with Crippen molar-refractivity contribution < 1.29 is 9.53 Å². The molecule has 92 valence electrons. The molecule has 0 unspecified atom stereocenters. The molecular weight excluding hydrogens is 238 g/mol. The van der Waals surface area contributed by atoms with Crippen LogP contribution in [0.25, 0.3) is 0 Å². The van der Waals surface area contributed by atoms with Crippen molar-refractivity contribution in [3.05, 3.63) is 23.7 Å². The van der Waals surface area contributed by atoms with Crippen molar-refractivity contribution in [1.82, 2.24) is 14.7 Å². The molecule has 0 N–H and O–H groups in total. The number of thiocarbonyl (C=S) groups is 1. The van der Waals surface area contributed by atoms with E-state index in [4.69, 9.17) is 17.0 Å². The third-order valence-corrected chi connectivity index (χ3v) is 3.44. The molecule has 2 heterocycles. The smallest absolute Gasteiger partial charge is 0.276 e. The van der Waals surface area contributed by atoms with Crippen LogP contribution in [0, 0.1) is 0 Å². The maximum atomic E-state index is 11.9. The fraction of sp³-hybridized carbons (Fsp3) is 0.455. The molecule has 17 heavy (non-hydrogen) atoms. The number of hydrogen-bond donors (Lipinski definition) is 0. The second kappa shape index (κ2) is 4.37. The Morgan fingerprint density at radius 2 is 1.94 bits per heavy atom. The minimum absolute atomic E-state index is 0.0880. The van der Waals surface area contributed by atoms with Crippen LogP contribution in [0.2, 0.25) is 0 Å². The average Bonchev–Trinajstić information content (AvgIpc) is 2.78. The van der Waals surface area contributed by atoms with Crippen molar-refractivity contribution in [3.63, 3.8) is 0 Å². The van der Waals surface area contributed by atoms with Gasteiger partial charge in [-0.05, 0) is 18.3 Å². The maximum absolute atomic E-state index is 11.9. The molecule has 0 aliphatic carbocycles. The highest BCUT2D eigenvalue weighted by atomic mass is 32.1. The summed E-state index contributed by atoms with van der Waals surface area (Å²) in [7, 11) is 5.41. The quantitative estimate of drug-likeness (QED) is 0.498. The maximum Gasteiger partial charge on any atom is 0.276 e. The lowest BCUT2D eigenvalue weighted by Gasteiger charge is -2.11. The number of hydrogen-bond acceptors (Lipinski definition) is 4. The number of nitrogens with zero attached hydrogens (tertiary/aromatic N) is 3. The lowest BCUT2D eigenvalue weighted by molar-refractivity contribution is -0.121. The fourth-order valence-corrected chi connectivity index (χ4v) is 1.93. The molecule has 2 rings (SSSR count). The zero-order valence-electron chi connectivity index (χ0n) is 10.1. The summed E-state index contributed by atoms with van der Waals surface area (Å²) in [4.78, 5) is 17.0. The van der Waals surface area contributed by atoms with E-state index in [0.29, 0.717) is 17.4 Å². The van der Waals surface area contributed by atoms with Gasteiger partial charge >= 0.3 is 0 Å². The molecule has 1 amide bonds. The van der Waals surface area contributed by atoms with E-state index < -0.39 is 0 Å². The summed E-state index contributed by atoms with van der Waals surface area (Å²) < 4.78 is 5.42. The van der Waals surface area contributed by atoms with Crippen molar-refractivity contribution in [1.29, 1.82) is 0 Å². The third kappa shape index (κ3) is 2.00. The second-order valence-electron chi connectivity index (χ2n) is 4.03. The molecule has 0 aromatic heterocycles. The van der Waals surface area contributed by atoms with Crippen molar-refractivity contribution in [2.24, 2.45) is 0 Å². The van der Waals surface area contributed by atoms with E-state index in [1.54, 1.807) is 31.1 Å². The van der Waals surface area contributed by atoms with Crippen molar-refractivity contribution >= 4 is 23.2 Å². The third-order valence-electron chi connectivity index (χ3n) is 2.90. The van der Waals surface area contributed by atoms with Gasteiger partial charge in [-0.2, -0.15) is 0 Å². The van der Waals surface area contributed by atoms with Crippen molar-refractivity contribution in [2.45, 2.75) is 0 Å². The van der Waals surface area contributed by atoms with Crippen LogP contribution < -0.4 is 0 Å². The van der Waals surface area contributed by atoms with Gasteiger partial charge in [0.1, 0.15) is 12.3 Å². The molecular formula is C11H15N3O2S. The molecule has 0 bridgehead atoms. The molecule has 0 atom stereocenters. The summed E-state index contributed by atoms with van der Waals surface area (Å²) in [5.41, 5.74) is 0.564. The number of rotatable bonds is 1. The summed E-state index contributed by atoms with van der Waals surface area (Å²) >= 11 is 5.12. The van der Waals surface area contributed by atoms with Crippen LogP contribution in [-0.2, 0) is 9.53 Å². The second-order valence-corrected chi connectivity index (χ2v) is 4.40. The Bertz CT molecular complexity index is 430. The Balaban J connectivity index is 2.23. The largest absolute Gasteiger partial charge is 0.477 e. The summed E-state index contributed by atoms with van der Waals surface area (Å²) in [6.45, 7) is 1.56. The van der Waals surface area contributed by atoms with E-state index in [-0.39, 0.29) is 5.91 Å². The minimum Gasteiger partial charge on any atom is -0.477 e. The Kier molecular flexibility index (Phi) is 3.06. The van der Waals surface area contributed by atoms with E-state index in [1.165, 1.54) is 4.90 Å². The van der Waals surface area contributed by atoms with Gasteiger partial charge in [-0.3, -0.25) is 9.69 Å². The predicted octanol–water partition coefficient (Wildman–Crippen LogP) is 0.362. The summed E-state index contributed by atoms with van der Waals surface area (Å²) in [5, 5.41) is 0.514. The Labute approximate surface area is 106 Å². The molecule has 2 fully saturated rings. The molecule has 0 saturated carbocycles. The lowest BCUT2D eigenvalue weighted by Crippen LogP contribution is -2.26. The van der Waals surface area contributed by atoms with Gasteiger partial charge in [0.05, 0.1) is 6.54 Å². The van der Waals surface area contributed by atoms with E-state index >= 15 is 0 Å². The van der Waals surface area contributed by atoms with Crippen LogP contribution in [0.1, 0.15) is 0 Å². The molecule has 2 aliphatic heterocycles. The van der Waals surface area contributed by atoms with E-state index in [0.717, 1.165) is 12.4 Å². The van der Waals surface area contributed by atoms with Gasteiger partial charge in [-0.1, -0.05) is 0 Å². The highest BCUT2D eigenvalue weighted by molar-refractivity contribution is 7.80. The topological polar surface area (TPSA) is 36.0 Å². The predicted molar refractivity (Wildman–Crippen MR) is 67.9 cm³/mol. The summed E-state index contributed by atoms with van der Waals surface area (Å²) in [6.07, 6.45) is 3.55.